The predicted octanol–water partition coefficient (Wildman–Crippen LogP) is 2.99. The van der Waals surface area contributed by atoms with Gasteiger partial charge >= 0.3 is 0 Å². The first kappa shape index (κ1) is 10.1. The van der Waals surface area contributed by atoms with Crippen LogP contribution in [0.2, 0.25) is 0 Å². The monoisotopic (exact) mass is 287 g/mol. The molecule has 0 saturated carbocycles. The molecule has 3 nitrogen and oxygen atoms in total. The van der Waals surface area contributed by atoms with Crippen LogP contribution in [0.4, 0.5) is 0 Å². The van der Waals surface area contributed by atoms with E-state index in [4.69, 9.17) is 0 Å². The highest BCUT2D eigenvalue weighted by Gasteiger charge is 1.99. The highest BCUT2D eigenvalue weighted by atomic mass is 79.9. The van der Waals surface area contributed by atoms with E-state index in [0.717, 1.165) is 14.6 Å². The second kappa shape index (κ2) is 4.86. The number of thioether (sulfide) groups is 1. The normalized spacial score (nSPS) is 10.4. The van der Waals surface area contributed by atoms with Gasteiger partial charge in [-0.3, -0.25) is 4.98 Å². The van der Waals surface area contributed by atoms with Gasteiger partial charge in [0.05, 0.1) is 0 Å². The Kier molecular flexibility index (Phi) is 3.49. The lowest BCUT2D eigenvalue weighted by Gasteiger charge is -1.97. The maximum Gasteiger partial charge on any atom is 0.174 e. The molecule has 6 heteroatoms. The molecule has 0 fully saturated rings. The van der Waals surface area contributed by atoms with Crippen molar-refractivity contribution in [3.63, 3.8) is 0 Å². The van der Waals surface area contributed by atoms with E-state index in [2.05, 4.69) is 37.2 Å². The average molecular weight is 288 g/mol. The van der Waals surface area contributed by atoms with Crippen LogP contribution in [0.25, 0.3) is 0 Å². The van der Waals surface area contributed by atoms with E-state index in [1.54, 1.807) is 34.8 Å². The number of rotatable bonds is 3. The molecule has 0 spiro atoms. The third-order valence-corrected chi connectivity index (χ3v) is 3.83. The van der Waals surface area contributed by atoms with Crippen LogP contribution < -0.4 is 0 Å². The average Bonchev–Trinajstić information content (AvgIpc) is 2.67. The van der Waals surface area contributed by atoms with Crippen LogP contribution in [0.3, 0.4) is 0 Å². The summed E-state index contributed by atoms with van der Waals surface area (Å²) < 4.78 is 2.00. The molecular weight excluding hydrogens is 282 g/mol. The van der Waals surface area contributed by atoms with E-state index in [1.807, 2.05) is 6.20 Å². The molecule has 0 unspecified atom stereocenters. The van der Waals surface area contributed by atoms with Crippen molar-refractivity contribution < 1.29 is 0 Å². The lowest BCUT2D eigenvalue weighted by molar-refractivity contribution is 1.01. The minimum Gasteiger partial charge on any atom is -0.263 e. The molecule has 2 aromatic heterocycles. The zero-order valence-electron chi connectivity index (χ0n) is 7.05. The number of nitrogens with zero attached hydrogens (tertiary/aromatic N) is 3. The van der Waals surface area contributed by atoms with Crippen LogP contribution in [0.15, 0.2) is 32.8 Å². The first-order chi connectivity index (χ1) is 6.84. The molecule has 0 saturated heterocycles. The summed E-state index contributed by atoms with van der Waals surface area (Å²) >= 11 is 6.61. The van der Waals surface area contributed by atoms with E-state index < -0.39 is 0 Å². The van der Waals surface area contributed by atoms with E-state index in [0.29, 0.717) is 0 Å². The summed E-state index contributed by atoms with van der Waals surface area (Å²) in [5.41, 5.74) is 2.92. The van der Waals surface area contributed by atoms with Crippen molar-refractivity contribution >= 4 is 39.0 Å². The molecule has 0 aromatic carbocycles. The van der Waals surface area contributed by atoms with Gasteiger partial charge in [-0.1, -0.05) is 23.1 Å². The third-order valence-electron chi connectivity index (χ3n) is 1.46. The summed E-state index contributed by atoms with van der Waals surface area (Å²) in [5, 5.41) is 7.73. The van der Waals surface area contributed by atoms with E-state index in [1.165, 1.54) is 5.56 Å². The number of hydrogen-bond donors (Lipinski definition) is 0. The zero-order valence-corrected chi connectivity index (χ0v) is 10.3. The Balaban J connectivity index is 1.98. The molecule has 0 radical (unpaired) electrons. The minimum absolute atomic E-state index is 0.877. The Hall–Kier alpha value is -0.460. The first-order valence-corrected chi connectivity index (χ1v) is 6.49. The van der Waals surface area contributed by atoms with Gasteiger partial charge in [0.25, 0.3) is 0 Å². The standard InChI is InChI=1S/C8H6BrN3S2/c9-7-1-6(2-10-3-7)4-13-8-12-11-5-14-8/h1-3,5H,4H2. The first-order valence-electron chi connectivity index (χ1n) is 3.83. The number of aromatic nitrogens is 3. The van der Waals surface area contributed by atoms with Crippen LogP contribution >= 0.6 is 39.0 Å². The molecule has 0 aliphatic rings. The van der Waals surface area contributed by atoms with Gasteiger partial charge in [0.1, 0.15) is 5.51 Å². The van der Waals surface area contributed by atoms with Gasteiger partial charge in [-0.15, -0.1) is 10.2 Å². The Morgan fingerprint density at radius 2 is 2.36 bits per heavy atom. The summed E-state index contributed by atoms with van der Waals surface area (Å²) in [6.45, 7) is 0. The van der Waals surface area contributed by atoms with Gasteiger partial charge in [-0.25, -0.2) is 0 Å². The molecule has 2 rings (SSSR count). The van der Waals surface area contributed by atoms with Crippen LogP contribution in [0.5, 0.6) is 0 Å². The summed E-state index contributed by atoms with van der Waals surface area (Å²) in [4.78, 5) is 4.09. The minimum atomic E-state index is 0.877. The molecule has 0 bridgehead atoms. The fraction of sp³-hybridized carbons (Fsp3) is 0.125. The van der Waals surface area contributed by atoms with Gasteiger partial charge in [-0.05, 0) is 27.6 Å². The lowest BCUT2D eigenvalue weighted by Crippen LogP contribution is -1.82. The van der Waals surface area contributed by atoms with Crippen LogP contribution in [0, 0.1) is 0 Å². The summed E-state index contributed by atoms with van der Waals surface area (Å²) in [6.07, 6.45) is 3.64. The maximum atomic E-state index is 4.09. The predicted molar refractivity (Wildman–Crippen MR) is 61.4 cm³/mol. The third kappa shape index (κ3) is 2.76. The van der Waals surface area contributed by atoms with Crippen molar-refractivity contribution in [3.8, 4) is 0 Å². The van der Waals surface area contributed by atoms with E-state index in [-0.39, 0.29) is 0 Å². The molecule has 0 amide bonds. The highest BCUT2D eigenvalue weighted by molar-refractivity contribution is 9.10. The van der Waals surface area contributed by atoms with Gasteiger partial charge < -0.3 is 0 Å². The zero-order chi connectivity index (χ0) is 9.80. The van der Waals surface area contributed by atoms with Gasteiger partial charge in [0, 0.05) is 22.6 Å². The SMILES string of the molecule is Brc1cncc(CSc2nncs2)c1. The van der Waals surface area contributed by atoms with Gasteiger partial charge in [-0.2, -0.15) is 0 Å². The van der Waals surface area contributed by atoms with Crippen molar-refractivity contribution in [2.75, 3.05) is 0 Å². The second-order valence-electron chi connectivity index (χ2n) is 2.50. The molecule has 0 N–H and O–H groups in total. The van der Waals surface area contributed by atoms with Crippen molar-refractivity contribution in [3.05, 3.63) is 34.0 Å². The molecule has 14 heavy (non-hydrogen) atoms. The van der Waals surface area contributed by atoms with Gasteiger partial charge in [0.15, 0.2) is 4.34 Å². The van der Waals surface area contributed by atoms with Crippen molar-refractivity contribution in [2.45, 2.75) is 10.1 Å². The molecular formula is C8H6BrN3S2. The quantitative estimate of drug-likeness (QED) is 0.814. The Morgan fingerprint density at radius 3 is 3.07 bits per heavy atom. The largest absolute Gasteiger partial charge is 0.263 e. The number of pyridine rings is 1. The molecule has 2 aromatic rings. The van der Waals surface area contributed by atoms with Crippen molar-refractivity contribution in [2.24, 2.45) is 0 Å². The summed E-state index contributed by atoms with van der Waals surface area (Å²) in [7, 11) is 0. The maximum absolute atomic E-state index is 4.09. The number of halogens is 1. The smallest absolute Gasteiger partial charge is 0.174 e. The van der Waals surface area contributed by atoms with Crippen LogP contribution in [-0.2, 0) is 5.75 Å². The molecule has 0 aliphatic heterocycles. The molecule has 2 heterocycles. The van der Waals surface area contributed by atoms with Crippen LogP contribution in [-0.4, -0.2) is 15.2 Å². The lowest BCUT2D eigenvalue weighted by atomic mass is 10.3. The molecule has 0 aliphatic carbocycles. The van der Waals surface area contributed by atoms with Crippen molar-refractivity contribution in [1.29, 1.82) is 0 Å². The topological polar surface area (TPSA) is 38.7 Å². The second-order valence-corrected chi connectivity index (χ2v) is 5.48. The fourth-order valence-electron chi connectivity index (χ4n) is 0.906. The van der Waals surface area contributed by atoms with Crippen LogP contribution in [0.1, 0.15) is 5.56 Å². The highest BCUT2D eigenvalue weighted by Crippen LogP contribution is 2.24. The summed E-state index contributed by atoms with van der Waals surface area (Å²) in [6, 6.07) is 2.06. The van der Waals surface area contributed by atoms with Crippen molar-refractivity contribution in [1.82, 2.24) is 15.2 Å². The Labute approximate surface area is 98.1 Å². The summed E-state index contributed by atoms with van der Waals surface area (Å²) in [5.74, 6) is 0.877. The number of hydrogen-bond acceptors (Lipinski definition) is 5. The van der Waals surface area contributed by atoms with E-state index >= 15 is 0 Å². The molecule has 0 atom stereocenters. The van der Waals surface area contributed by atoms with E-state index in [9.17, 15) is 0 Å². The van der Waals surface area contributed by atoms with Gasteiger partial charge in [0.2, 0.25) is 0 Å². The fourth-order valence-corrected chi connectivity index (χ4v) is 2.73. The Morgan fingerprint density at radius 1 is 1.43 bits per heavy atom. The Bertz CT molecular complexity index is 405. The molecule has 72 valence electrons.